The second-order valence-electron chi connectivity index (χ2n) is 5.14. The molecule has 0 heterocycles. The summed E-state index contributed by atoms with van der Waals surface area (Å²) in [5.74, 6) is -0.907. The van der Waals surface area contributed by atoms with Crippen LogP contribution in [0.5, 0.6) is 5.75 Å². The van der Waals surface area contributed by atoms with Crippen LogP contribution in [0.3, 0.4) is 0 Å². The average Bonchev–Trinajstić information content (AvgIpc) is 2.27. The van der Waals surface area contributed by atoms with Crippen LogP contribution in [0.25, 0.3) is 0 Å². The van der Waals surface area contributed by atoms with E-state index in [0.29, 0.717) is 4.47 Å². The highest BCUT2D eigenvalue weighted by atomic mass is 79.9. The maximum atomic E-state index is 11.8. The molecule has 0 aliphatic carbocycles. The Balaban J connectivity index is 2.61. The number of rotatable bonds is 3. The van der Waals surface area contributed by atoms with Crippen molar-refractivity contribution in [2.24, 2.45) is 0 Å². The molecule has 1 aromatic carbocycles. The Morgan fingerprint density at radius 3 is 2.53 bits per heavy atom. The van der Waals surface area contributed by atoms with Crippen molar-refractivity contribution in [3.8, 4) is 5.75 Å². The van der Waals surface area contributed by atoms with E-state index in [1.807, 2.05) is 20.8 Å². The molecule has 0 aromatic heterocycles. The number of phenolic OH excluding ortho intramolecular Hbond substituents is 1. The minimum atomic E-state index is -0.497. The summed E-state index contributed by atoms with van der Waals surface area (Å²) in [5.41, 5.74) is -0.224. The minimum absolute atomic E-state index is 0.123. The van der Waals surface area contributed by atoms with E-state index in [4.69, 9.17) is 0 Å². The van der Waals surface area contributed by atoms with E-state index in [0.717, 1.165) is 0 Å². The van der Waals surface area contributed by atoms with Gasteiger partial charge in [-0.05, 0) is 39.0 Å². The zero-order valence-electron chi connectivity index (χ0n) is 11.1. The molecule has 1 rings (SSSR count). The highest BCUT2D eigenvalue weighted by molar-refractivity contribution is 9.10. The number of hydrogen-bond acceptors (Lipinski definition) is 3. The zero-order chi connectivity index (χ0) is 14.6. The first-order valence-corrected chi connectivity index (χ1v) is 6.56. The van der Waals surface area contributed by atoms with Crippen LogP contribution >= 0.6 is 15.9 Å². The van der Waals surface area contributed by atoms with Crippen LogP contribution < -0.4 is 10.6 Å². The van der Waals surface area contributed by atoms with Gasteiger partial charge in [-0.15, -0.1) is 0 Å². The number of halogens is 1. The Labute approximate surface area is 120 Å². The van der Waals surface area contributed by atoms with Crippen molar-refractivity contribution in [3.05, 3.63) is 28.2 Å². The molecule has 0 spiro atoms. The fourth-order valence-electron chi connectivity index (χ4n) is 1.41. The van der Waals surface area contributed by atoms with Crippen molar-refractivity contribution in [2.45, 2.75) is 26.3 Å². The predicted molar refractivity (Wildman–Crippen MR) is 76.0 cm³/mol. The van der Waals surface area contributed by atoms with Gasteiger partial charge in [0.1, 0.15) is 5.75 Å². The summed E-state index contributed by atoms with van der Waals surface area (Å²) >= 11 is 3.21. The van der Waals surface area contributed by atoms with Crippen molar-refractivity contribution in [2.75, 3.05) is 6.54 Å². The molecule has 104 valence electrons. The molecule has 0 radical (unpaired) electrons. The van der Waals surface area contributed by atoms with Gasteiger partial charge in [-0.1, -0.05) is 15.9 Å². The summed E-state index contributed by atoms with van der Waals surface area (Å²) < 4.78 is 0.676. The maximum absolute atomic E-state index is 11.8. The van der Waals surface area contributed by atoms with Crippen LogP contribution in [0, 0.1) is 0 Å². The van der Waals surface area contributed by atoms with Crippen molar-refractivity contribution in [1.82, 2.24) is 10.6 Å². The molecule has 0 unspecified atom stereocenters. The van der Waals surface area contributed by atoms with Gasteiger partial charge in [-0.25, -0.2) is 0 Å². The summed E-state index contributed by atoms with van der Waals surface area (Å²) in [6.07, 6.45) is 0. The van der Waals surface area contributed by atoms with Crippen molar-refractivity contribution in [3.63, 3.8) is 0 Å². The number of carbonyl (C=O) groups is 2. The quantitative estimate of drug-likeness (QED) is 0.791. The number of benzene rings is 1. The van der Waals surface area contributed by atoms with Gasteiger partial charge >= 0.3 is 0 Å². The number of nitrogens with one attached hydrogen (secondary N) is 2. The summed E-state index contributed by atoms with van der Waals surface area (Å²) in [6, 6.07) is 4.53. The Bertz CT molecular complexity index is 495. The van der Waals surface area contributed by atoms with Gasteiger partial charge in [0.05, 0.1) is 12.1 Å². The van der Waals surface area contributed by atoms with Crippen LogP contribution in [-0.2, 0) is 4.79 Å². The lowest BCUT2D eigenvalue weighted by molar-refractivity contribution is -0.121. The van der Waals surface area contributed by atoms with Crippen LogP contribution in [0.1, 0.15) is 31.1 Å². The molecule has 0 atom stereocenters. The minimum Gasteiger partial charge on any atom is -0.507 e. The third-order valence-electron chi connectivity index (χ3n) is 2.13. The van der Waals surface area contributed by atoms with E-state index in [1.165, 1.54) is 12.1 Å². The van der Waals surface area contributed by atoms with Gasteiger partial charge < -0.3 is 15.7 Å². The van der Waals surface area contributed by atoms with Gasteiger partial charge in [-0.3, -0.25) is 9.59 Å². The van der Waals surface area contributed by atoms with E-state index in [2.05, 4.69) is 26.6 Å². The molecule has 0 saturated carbocycles. The Morgan fingerprint density at radius 1 is 1.32 bits per heavy atom. The monoisotopic (exact) mass is 328 g/mol. The Hall–Kier alpha value is -1.56. The smallest absolute Gasteiger partial charge is 0.255 e. The molecule has 6 heteroatoms. The van der Waals surface area contributed by atoms with Crippen molar-refractivity contribution < 1.29 is 14.7 Å². The highest BCUT2D eigenvalue weighted by Crippen LogP contribution is 2.21. The fourth-order valence-corrected chi connectivity index (χ4v) is 1.77. The predicted octanol–water partition coefficient (Wildman–Crippen LogP) is 1.80. The first kappa shape index (κ1) is 15.5. The Morgan fingerprint density at radius 2 is 1.95 bits per heavy atom. The first-order chi connectivity index (χ1) is 8.69. The zero-order valence-corrected chi connectivity index (χ0v) is 12.7. The van der Waals surface area contributed by atoms with Crippen LogP contribution in [0.15, 0.2) is 22.7 Å². The molecule has 5 nitrogen and oxygen atoms in total. The summed E-state index contributed by atoms with van der Waals surface area (Å²) in [6.45, 7) is 5.43. The van der Waals surface area contributed by atoms with E-state index < -0.39 is 5.91 Å². The molecule has 0 saturated heterocycles. The lowest BCUT2D eigenvalue weighted by Crippen LogP contribution is -2.45. The molecule has 0 bridgehead atoms. The first-order valence-electron chi connectivity index (χ1n) is 5.77. The number of amides is 2. The van der Waals surface area contributed by atoms with Crippen LogP contribution in [0.2, 0.25) is 0 Å². The molecule has 0 aliphatic heterocycles. The molecule has 19 heavy (non-hydrogen) atoms. The molecule has 0 aliphatic rings. The van der Waals surface area contributed by atoms with Gasteiger partial charge in [0.2, 0.25) is 5.91 Å². The van der Waals surface area contributed by atoms with E-state index in [1.54, 1.807) is 6.07 Å². The van der Waals surface area contributed by atoms with E-state index in [-0.39, 0.29) is 29.3 Å². The normalized spacial score (nSPS) is 10.9. The second kappa shape index (κ2) is 6.06. The molecular weight excluding hydrogens is 312 g/mol. The lowest BCUT2D eigenvalue weighted by atomic mass is 10.1. The topological polar surface area (TPSA) is 78.4 Å². The molecule has 0 fully saturated rings. The standard InChI is InChI=1S/C13H17BrN2O3/c1-13(2,3)16-11(18)7-15-12(19)9-6-8(14)4-5-10(9)17/h4-6,17H,7H2,1-3H3,(H,15,19)(H,16,18). The van der Waals surface area contributed by atoms with Gasteiger partial charge in [0, 0.05) is 10.0 Å². The largest absolute Gasteiger partial charge is 0.507 e. The third-order valence-corrected chi connectivity index (χ3v) is 2.62. The van der Waals surface area contributed by atoms with Crippen molar-refractivity contribution >= 4 is 27.7 Å². The maximum Gasteiger partial charge on any atom is 0.255 e. The Kier molecular flexibility index (Phi) is 4.94. The molecule has 2 amide bonds. The van der Waals surface area contributed by atoms with Crippen LogP contribution in [-0.4, -0.2) is 29.0 Å². The molecule has 1 aromatic rings. The lowest BCUT2D eigenvalue weighted by Gasteiger charge is -2.20. The fraction of sp³-hybridized carbons (Fsp3) is 0.385. The number of phenols is 1. The van der Waals surface area contributed by atoms with E-state index >= 15 is 0 Å². The number of aromatic hydroxyl groups is 1. The average molecular weight is 329 g/mol. The van der Waals surface area contributed by atoms with Crippen LogP contribution in [0.4, 0.5) is 0 Å². The van der Waals surface area contributed by atoms with Gasteiger partial charge in [0.25, 0.3) is 5.91 Å². The summed E-state index contributed by atoms with van der Waals surface area (Å²) in [7, 11) is 0. The highest BCUT2D eigenvalue weighted by Gasteiger charge is 2.16. The second-order valence-corrected chi connectivity index (χ2v) is 6.06. The third kappa shape index (κ3) is 5.30. The summed E-state index contributed by atoms with van der Waals surface area (Å²) in [5, 5.41) is 14.8. The van der Waals surface area contributed by atoms with Crippen molar-refractivity contribution in [1.29, 1.82) is 0 Å². The molecule has 3 N–H and O–H groups in total. The van der Waals surface area contributed by atoms with Gasteiger partial charge in [0.15, 0.2) is 0 Å². The SMILES string of the molecule is CC(C)(C)NC(=O)CNC(=O)c1cc(Br)ccc1O. The van der Waals surface area contributed by atoms with Gasteiger partial charge in [-0.2, -0.15) is 0 Å². The molecular formula is C13H17BrN2O3. The summed E-state index contributed by atoms with van der Waals surface area (Å²) in [4.78, 5) is 23.4. The number of hydrogen-bond donors (Lipinski definition) is 3. The number of carbonyl (C=O) groups excluding carboxylic acids is 2. The van der Waals surface area contributed by atoms with E-state index in [9.17, 15) is 14.7 Å².